The zero-order valence-corrected chi connectivity index (χ0v) is 16.0. The number of sulfonamides is 1. The van der Waals surface area contributed by atoms with Crippen LogP contribution in [0.5, 0.6) is 0 Å². The van der Waals surface area contributed by atoms with Crippen molar-refractivity contribution in [1.29, 1.82) is 0 Å². The fourth-order valence-electron chi connectivity index (χ4n) is 3.43. The van der Waals surface area contributed by atoms with Crippen molar-refractivity contribution in [3.63, 3.8) is 0 Å². The third kappa shape index (κ3) is 3.32. The van der Waals surface area contributed by atoms with Crippen molar-refractivity contribution in [2.75, 3.05) is 12.4 Å². The second kappa shape index (κ2) is 6.88. The molecule has 0 saturated carbocycles. The van der Waals surface area contributed by atoms with Crippen molar-refractivity contribution in [1.82, 2.24) is 9.29 Å². The Morgan fingerprint density at radius 3 is 2.64 bits per heavy atom. The highest BCUT2D eigenvalue weighted by Crippen LogP contribution is 2.27. The number of hydrogen-bond donors (Lipinski definition) is 2. The van der Waals surface area contributed by atoms with E-state index in [1.54, 1.807) is 18.2 Å². The number of para-hydroxylation sites is 1. The number of fused-ring (bicyclic) bond motifs is 2. The van der Waals surface area contributed by atoms with Crippen LogP contribution in [0.1, 0.15) is 17.5 Å². The molecule has 8 heteroatoms. The van der Waals surface area contributed by atoms with Crippen LogP contribution in [0.15, 0.2) is 58.2 Å². The third-order valence-corrected chi connectivity index (χ3v) is 6.71. The lowest BCUT2D eigenvalue weighted by atomic mass is 10.0. The molecule has 0 radical (unpaired) electrons. The van der Waals surface area contributed by atoms with Crippen LogP contribution in [0.25, 0.3) is 10.9 Å². The molecule has 0 aliphatic carbocycles. The quantitative estimate of drug-likeness (QED) is 0.705. The highest BCUT2D eigenvalue weighted by atomic mass is 32.2. The Hall–Kier alpha value is -2.97. The molecule has 2 N–H and O–H groups in total. The number of pyridine rings is 1. The number of amides is 1. The number of nitrogens with zero attached hydrogens (tertiary/aromatic N) is 1. The number of benzene rings is 2. The highest BCUT2D eigenvalue weighted by Gasteiger charge is 2.24. The van der Waals surface area contributed by atoms with Gasteiger partial charge in [0.2, 0.25) is 21.5 Å². The molecular formula is C20H19N3O4S. The lowest BCUT2D eigenvalue weighted by Crippen LogP contribution is -2.28. The minimum atomic E-state index is -3.76. The van der Waals surface area contributed by atoms with Crippen LogP contribution in [-0.4, -0.2) is 30.7 Å². The molecule has 1 amide bonds. The molecule has 1 aliphatic heterocycles. The van der Waals surface area contributed by atoms with Crippen molar-refractivity contribution >= 4 is 32.5 Å². The Morgan fingerprint density at radius 2 is 1.82 bits per heavy atom. The van der Waals surface area contributed by atoms with Crippen LogP contribution in [-0.2, 0) is 27.8 Å². The van der Waals surface area contributed by atoms with E-state index in [0.29, 0.717) is 29.6 Å². The van der Waals surface area contributed by atoms with Gasteiger partial charge in [0.1, 0.15) is 0 Å². The number of H-pyrrole nitrogens is 1. The standard InChI is InChI=1S/C20H19N3O4S/c1-23(12-14-11-20(25)22-18-5-3-2-4-16(14)18)28(26,27)15-7-8-17-13(10-15)6-9-19(24)21-17/h2-5,7-8,10-11H,6,9,12H2,1H3,(H,21,24)(H,22,25). The van der Waals surface area contributed by atoms with E-state index < -0.39 is 10.0 Å². The van der Waals surface area contributed by atoms with Crippen molar-refractivity contribution in [3.8, 4) is 0 Å². The van der Waals surface area contributed by atoms with E-state index in [1.165, 1.54) is 23.5 Å². The molecule has 0 spiro atoms. The van der Waals surface area contributed by atoms with Gasteiger partial charge < -0.3 is 10.3 Å². The first kappa shape index (κ1) is 18.4. The Bertz CT molecular complexity index is 1250. The molecule has 2 aromatic carbocycles. The molecule has 3 aromatic rings. The lowest BCUT2D eigenvalue weighted by molar-refractivity contribution is -0.116. The number of nitrogens with one attached hydrogen (secondary N) is 2. The first-order chi connectivity index (χ1) is 13.3. The summed E-state index contributed by atoms with van der Waals surface area (Å²) in [5.41, 5.74) is 2.48. The Morgan fingerprint density at radius 1 is 1.04 bits per heavy atom. The van der Waals surface area contributed by atoms with E-state index in [9.17, 15) is 18.0 Å². The molecule has 0 atom stereocenters. The maximum Gasteiger partial charge on any atom is 0.248 e. The number of aryl methyl sites for hydroxylation is 1. The fourth-order valence-corrected chi connectivity index (χ4v) is 4.63. The van der Waals surface area contributed by atoms with E-state index in [2.05, 4.69) is 10.3 Å². The number of carbonyl (C=O) groups excluding carboxylic acids is 1. The summed E-state index contributed by atoms with van der Waals surface area (Å²) in [6.45, 7) is 0.0700. The van der Waals surface area contributed by atoms with Gasteiger partial charge in [0.15, 0.2) is 0 Å². The molecule has 144 valence electrons. The van der Waals surface area contributed by atoms with Crippen LogP contribution in [0.3, 0.4) is 0 Å². The summed E-state index contributed by atoms with van der Waals surface area (Å²) in [5, 5.41) is 3.55. The molecule has 0 bridgehead atoms. The normalized spacial score (nSPS) is 14.1. The van der Waals surface area contributed by atoms with Crippen molar-refractivity contribution in [2.24, 2.45) is 0 Å². The number of carbonyl (C=O) groups is 1. The van der Waals surface area contributed by atoms with Crippen LogP contribution >= 0.6 is 0 Å². The summed E-state index contributed by atoms with van der Waals surface area (Å²) < 4.78 is 27.4. The molecule has 4 rings (SSSR count). The summed E-state index contributed by atoms with van der Waals surface area (Å²) >= 11 is 0. The van der Waals surface area contributed by atoms with E-state index in [4.69, 9.17) is 0 Å². The SMILES string of the molecule is CN(Cc1cc(=O)[nH]c2ccccc12)S(=O)(=O)c1ccc2c(c1)CCC(=O)N2. The van der Waals surface area contributed by atoms with Crippen molar-refractivity contribution in [3.05, 3.63) is 70.0 Å². The first-order valence-corrected chi connectivity index (χ1v) is 10.3. The van der Waals surface area contributed by atoms with Gasteiger partial charge in [-0.05, 0) is 41.8 Å². The summed E-state index contributed by atoms with van der Waals surface area (Å²) in [4.78, 5) is 26.3. The van der Waals surface area contributed by atoms with Gasteiger partial charge in [-0.3, -0.25) is 9.59 Å². The van der Waals surface area contributed by atoms with Gasteiger partial charge >= 0.3 is 0 Å². The van der Waals surface area contributed by atoms with Crippen molar-refractivity contribution < 1.29 is 13.2 Å². The van der Waals surface area contributed by atoms with Crippen molar-refractivity contribution in [2.45, 2.75) is 24.3 Å². The zero-order valence-electron chi connectivity index (χ0n) is 15.2. The number of aromatic nitrogens is 1. The molecule has 1 aliphatic rings. The highest BCUT2D eigenvalue weighted by molar-refractivity contribution is 7.89. The second-order valence-corrected chi connectivity index (χ2v) is 8.88. The molecule has 28 heavy (non-hydrogen) atoms. The van der Waals surface area contributed by atoms with E-state index >= 15 is 0 Å². The van der Waals surface area contributed by atoms with Gasteiger partial charge in [0.05, 0.1) is 4.90 Å². The Labute approximate surface area is 162 Å². The molecular weight excluding hydrogens is 378 g/mol. The number of hydrogen-bond acceptors (Lipinski definition) is 4. The van der Waals surface area contributed by atoms with Gasteiger partial charge in [0, 0.05) is 42.7 Å². The van der Waals surface area contributed by atoms with E-state index in [1.807, 2.05) is 18.2 Å². The predicted molar refractivity (Wildman–Crippen MR) is 107 cm³/mol. The molecule has 0 saturated heterocycles. The Balaban J connectivity index is 1.68. The minimum absolute atomic E-state index is 0.0681. The molecule has 7 nitrogen and oxygen atoms in total. The van der Waals surface area contributed by atoms with Crippen LogP contribution in [0, 0.1) is 0 Å². The van der Waals surface area contributed by atoms with Crippen LogP contribution in [0.4, 0.5) is 5.69 Å². The second-order valence-electron chi connectivity index (χ2n) is 6.83. The number of anilines is 1. The van der Waals surface area contributed by atoms with Gasteiger partial charge in [-0.2, -0.15) is 4.31 Å². The van der Waals surface area contributed by atoms with E-state index in [0.717, 1.165) is 10.9 Å². The molecule has 2 heterocycles. The van der Waals surface area contributed by atoms with Crippen LogP contribution in [0.2, 0.25) is 0 Å². The monoisotopic (exact) mass is 397 g/mol. The summed E-state index contributed by atoms with van der Waals surface area (Å²) in [6.07, 6.45) is 0.845. The first-order valence-electron chi connectivity index (χ1n) is 8.85. The molecule has 1 aromatic heterocycles. The Kier molecular flexibility index (Phi) is 4.52. The fraction of sp³-hybridized carbons (Fsp3) is 0.200. The van der Waals surface area contributed by atoms with Gasteiger partial charge in [-0.1, -0.05) is 18.2 Å². The minimum Gasteiger partial charge on any atom is -0.326 e. The topological polar surface area (TPSA) is 99.3 Å². The molecule has 0 unspecified atom stereocenters. The lowest BCUT2D eigenvalue weighted by Gasteiger charge is -2.21. The zero-order chi connectivity index (χ0) is 19.9. The summed E-state index contributed by atoms with van der Waals surface area (Å²) in [6, 6.07) is 13.4. The van der Waals surface area contributed by atoms with E-state index in [-0.39, 0.29) is 22.9 Å². The van der Waals surface area contributed by atoms with Crippen LogP contribution < -0.4 is 10.9 Å². The smallest absolute Gasteiger partial charge is 0.248 e. The maximum atomic E-state index is 13.1. The molecule has 0 fully saturated rings. The largest absolute Gasteiger partial charge is 0.326 e. The predicted octanol–water partition coefficient (Wildman–Crippen LogP) is 2.23. The average Bonchev–Trinajstić information content (AvgIpc) is 2.67. The average molecular weight is 397 g/mol. The summed E-state index contributed by atoms with van der Waals surface area (Å²) in [5.74, 6) is -0.0681. The van der Waals surface area contributed by atoms with Gasteiger partial charge in [0.25, 0.3) is 0 Å². The maximum absolute atomic E-state index is 13.1. The van der Waals surface area contributed by atoms with Gasteiger partial charge in [-0.15, -0.1) is 0 Å². The van der Waals surface area contributed by atoms with Gasteiger partial charge in [-0.25, -0.2) is 8.42 Å². The number of rotatable bonds is 4. The summed E-state index contributed by atoms with van der Waals surface area (Å²) in [7, 11) is -2.26. The number of aromatic amines is 1. The third-order valence-electron chi connectivity index (χ3n) is 4.91.